The van der Waals surface area contributed by atoms with Gasteiger partial charge < -0.3 is 48.7 Å². The number of aliphatic hydroxyl groups excluding tert-OH is 3. The standard InChI is InChI=1S/C37H37ClN4O11/c1-37(25-8-6-19(38)14-39-25)52-24-4-2-3-20(31(24)53-37)17-9-11-41(12-10-17)15-26-40-22-7-5-18(13-23(22)42(26)27-21-16-49-32(21)27)35(48)51-36-30(45)28(43)29(44)33(50-36)34(46)47/h2-8,13-14,17,21,27-30,32-33,36,43-45H,9-12,15-16H2,1H3,(H,46,47)/t21?,27?,28-,29-,30+,32-,33-,36-,37-/m0/s1. The van der Waals surface area contributed by atoms with E-state index in [1.54, 1.807) is 30.5 Å². The molecule has 4 N–H and O–H groups in total. The first kappa shape index (κ1) is 34.4. The van der Waals surface area contributed by atoms with Gasteiger partial charge in [-0.15, -0.1) is 0 Å². The maximum Gasteiger partial charge on any atom is 0.340 e. The second kappa shape index (κ2) is 12.9. The highest BCUT2D eigenvalue weighted by Gasteiger charge is 2.61. The predicted molar refractivity (Wildman–Crippen MR) is 183 cm³/mol. The van der Waals surface area contributed by atoms with E-state index in [2.05, 4.69) is 20.5 Å². The third-order valence-corrected chi connectivity index (χ3v) is 11.3. The first-order chi connectivity index (χ1) is 25.5. The van der Waals surface area contributed by atoms with Gasteiger partial charge in [0.2, 0.25) is 6.29 Å². The van der Waals surface area contributed by atoms with Crippen LogP contribution in [0, 0.1) is 5.92 Å². The van der Waals surface area contributed by atoms with Crippen LogP contribution in [0.4, 0.5) is 0 Å². The van der Waals surface area contributed by atoms with Gasteiger partial charge in [0.1, 0.15) is 29.8 Å². The monoisotopic (exact) mass is 748 g/mol. The molecule has 0 amide bonds. The summed E-state index contributed by atoms with van der Waals surface area (Å²) >= 11 is 6.06. The van der Waals surface area contributed by atoms with Gasteiger partial charge in [-0.25, -0.2) is 14.6 Å². The van der Waals surface area contributed by atoms with E-state index in [1.165, 1.54) is 6.07 Å². The molecule has 0 spiro atoms. The molecule has 9 atom stereocenters. The number of aliphatic hydroxyl groups is 3. The Bertz CT molecular complexity index is 2080. The van der Waals surface area contributed by atoms with Gasteiger partial charge in [0.05, 0.1) is 46.9 Å². The van der Waals surface area contributed by atoms with Crippen LogP contribution in [0.15, 0.2) is 54.7 Å². The lowest BCUT2D eigenvalue weighted by atomic mass is 9.88. The molecular weight excluding hydrogens is 712 g/mol. The van der Waals surface area contributed by atoms with Crippen molar-refractivity contribution in [1.29, 1.82) is 0 Å². The number of likely N-dealkylation sites (tertiary alicyclic amines) is 1. The normalized spacial score (nSPS) is 32.2. The molecule has 2 aromatic heterocycles. The number of piperidine rings is 1. The number of rotatable bonds is 8. The maximum absolute atomic E-state index is 13.3. The van der Waals surface area contributed by atoms with E-state index in [0.29, 0.717) is 46.6 Å². The molecule has 4 aromatic rings. The molecule has 16 heteroatoms. The van der Waals surface area contributed by atoms with Crippen LogP contribution < -0.4 is 9.47 Å². The summed E-state index contributed by atoms with van der Waals surface area (Å²) in [5.41, 5.74) is 3.26. The number of hydrogen-bond donors (Lipinski definition) is 4. The van der Waals surface area contributed by atoms with Crippen LogP contribution in [0.1, 0.15) is 59.2 Å². The smallest absolute Gasteiger partial charge is 0.340 e. The van der Waals surface area contributed by atoms with Gasteiger partial charge in [0, 0.05) is 24.6 Å². The maximum atomic E-state index is 13.3. The van der Waals surface area contributed by atoms with Crippen LogP contribution in [0.25, 0.3) is 11.0 Å². The summed E-state index contributed by atoms with van der Waals surface area (Å²) in [5.74, 6) is -0.648. The summed E-state index contributed by atoms with van der Waals surface area (Å²) in [7, 11) is 0. The van der Waals surface area contributed by atoms with Crippen molar-refractivity contribution in [2.24, 2.45) is 5.92 Å². The zero-order valence-electron chi connectivity index (χ0n) is 28.4. The fourth-order valence-corrected chi connectivity index (χ4v) is 8.15. The highest BCUT2D eigenvalue weighted by atomic mass is 35.5. The largest absolute Gasteiger partial charge is 0.479 e. The van der Waals surface area contributed by atoms with Crippen molar-refractivity contribution in [2.45, 2.75) is 80.9 Å². The predicted octanol–water partition coefficient (Wildman–Crippen LogP) is 2.73. The summed E-state index contributed by atoms with van der Waals surface area (Å²) in [6.07, 6.45) is -5.91. The molecule has 2 unspecified atom stereocenters. The van der Waals surface area contributed by atoms with Crippen LogP contribution in [0.5, 0.6) is 11.5 Å². The van der Waals surface area contributed by atoms with Crippen LogP contribution >= 0.6 is 11.6 Å². The Kier molecular flexibility index (Phi) is 8.38. The average molecular weight is 749 g/mol. The third kappa shape index (κ3) is 5.91. The number of para-hydroxylation sites is 1. The molecule has 9 rings (SSSR count). The molecule has 5 aliphatic rings. The number of carboxylic acid groups (broad SMARTS) is 1. The SMILES string of the molecule is C[C@]1(c2ccc(Cl)cn2)Oc2cccc(C3CCN(Cc4nc5ccc(C(=O)O[C@@H]6O[C@H](C(=O)O)[C@@H](O)[C@H](O)[C@H]6O)cc5n4C4C5CO[C@@H]54)CC3)c2O1. The first-order valence-corrected chi connectivity index (χ1v) is 18.0. The Morgan fingerprint density at radius 1 is 1.04 bits per heavy atom. The molecule has 4 fully saturated rings. The lowest BCUT2D eigenvalue weighted by Crippen LogP contribution is -2.60. The Labute approximate surface area is 307 Å². The quantitative estimate of drug-likeness (QED) is 0.192. The Morgan fingerprint density at radius 2 is 1.83 bits per heavy atom. The molecule has 6 heterocycles. The number of carbonyl (C=O) groups is 2. The number of benzene rings is 2. The highest BCUT2D eigenvalue weighted by molar-refractivity contribution is 6.30. The number of aliphatic carboxylic acids is 1. The van der Waals surface area contributed by atoms with Crippen molar-refractivity contribution >= 4 is 34.6 Å². The van der Waals surface area contributed by atoms with Crippen LogP contribution in [0.3, 0.4) is 0 Å². The average Bonchev–Trinajstić information content (AvgIpc) is 3.38. The number of aromatic nitrogens is 3. The number of halogens is 1. The number of hydrogen-bond acceptors (Lipinski definition) is 13. The summed E-state index contributed by atoms with van der Waals surface area (Å²) in [6, 6.07) is 14.6. The summed E-state index contributed by atoms with van der Waals surface area (Å²) in [6.45, 7) is 4.73. The minimum atomic E-state index is -1.90. The van der Waals surface area contributed by atoms with Crippen molar-refractivity contribution in [3.05, 3.63) is 82.4 Å². The van der Waals surface area contributed by atoms with Gasteiger partial charge in [0.25, 0.3) is 5.79 Å². The number of carbonyl (C=O) groups excluding carboxylic acids is 1. The van der Waals surface area contributed by atoms with E-state index in [0.717, 1.165) is 43.1 Å². The number of carboxylic acids is 1. The zero-order valence-corrected chi connectivity index (χ0v) is 29.2. The molecule has 15 nitrogen and oxygen atoms in total. The molecule has 0 radical (unpaired) electrons. The Hall–Kier alpha value is -4.35. The summed E-state index contributed by atoms with van der Waals surface area (Å²) in [4.78, 5) is 36.6. The number of esters is 1. The minimum Gasteiger partial charge on any atom is -0.479 e. The van der Waals surface area contributed by atoms with Crippen molar-refractivity contribution in [1.82, 2.24) is 19.4 Å². The number of imidazole rings is 1. The lowest BCUT2D eigenvalue weighted by molar-refractivity contribution is -0.278. The van der Waals surface area contributed by atoms with E-state index >= 15 is 0 Å². The minimum absolute atomic E-state index is 0.0729. The van der Waals surface area contributed by atoms with Gasteiger partial charge in [-0.1, -0.05) is 23.7 Å². The Morgan fingerprint density at radius 3 is 2.53 bits per heavy atom. The molecule has 278 valence electrons. The van der Waals surface area contributed by atoms with E-state index in [4.69, 9.17) is 40.3 Å². The van der Waals surface area contributed by atoms with Crippen molar-refractivity contribution in [2.75, 3.05) is 19.7 Å². The second-order valence-corrected chi connectivity index (χ2v) is 14.9. The summed E-state index contributed by atoms with van der Waals surface area (Å²) < 4.78 is 31.2. The van der Waals surface area contributed by atoms with Gasteiger partial charge in [-0.2, -0.15) is 0 Å². The second-order valence-electron chi connectivity index (χ2n) is 14.4. The zero-order chi connectivity index (χ0) is 36.8. The van der Waals surface area contributed by atoms with Gasteiger partial charge in [0.15, 0.2) is 17.6 Å². The van der Waals surface area contributed by atoms with Gasteiger partial charge in [-0.3, -0.25) is 9.88 Å². The highest BCUT2D eigenvalue weighted by Crippen LogP contribution is 2.55. The van der Waals surface area contributed by atoms with Crippen LogP contribution in [-0.2, 0) is 31.3 Å². The van der Waals surface area contributed by atoms with Crippen LogP contribution in [-0.4, -0.2) is 108 Å². The molecule has 53 heavy (non-hydrogen) atoms. The molecule has 3 saturated heterocycles. The first-order valence-electron chi connectivity index (χ1n) is 17.6. The fraction of sp³-hybridized carbons (Fsp3) is 0.459. The number of nitrogens with zero attached hydrogens (tertiary/aromatic N) is 4. The van der Waals surface area contributed by atoms with Gasteiger partial charge >= 0.3 is 11.9 Å². The van der Waals surface area contributed by atoms with E-state index in [-0.39, 0.29) is 23.6 Å². The molecule has 0 bridgehead atoms. The fourth-order valence-electron chi connectivity index (χ4n) is 8.04. The summed E-state index contributed by atoms with van der Waals surface area (Å²) in [5, 5.41) is 40.4. The molecular formula is C37H37ClN4O11. The van der Waals surface area contributed by atoms with Gasteiger partial charge in [-0.05, 0) is 68.2 Å². The molecule has 2 aromatic carbocycles. The van der Waals surface area contributed by atoms with Crippen molar-refractivity contribution in [3.8, 4) is 11.5 Å². The molecule has 1 aliphatic carbocycles. The van der Waals surface area contributed by atoms with Crippen LogP contribution in [0.2, 0.25) is 5.02 Å². The number of fused-ring (bicyclic) bond motifs is 3. The lowest BCUT2D eigenvalue weighted by Gasteiger charge is -2.37. The number of pyridine rings is 1. The van der Waals surface area contributed by atoms with E-state index < -0.39 is 48.4 Å². The topological polar surface area (TPSA) is 195 Å². The van der Waals surface area contributed by atoms with E-state index in [1.807, 2.05) is 19.1 Å². The van der Waals surface area contributed by atoms with E-state index in [9.17, 15) is 30.0 Å². The number of ether oxygens (including phenoxy) is 5. The van der Waals surface area contributed by atoms with Crippen molar-refractivity contribution < 1.29 is 53.7 Å². The van der Waals surface area contributed by atoms with Crippen molar-refractivity contribution in [3.63, 3.8) is 0 Å². The molecule has 4 aliphatic heterocycles. The molecule has 1 saturated carbocycles. The third-order valence-electron chi connectivity index (χ3n) is 11.1. The Balaban J connectivity index is 0.910.